The third-order valence-corrected chi connectivity index (χ3v) is 4.12. The van der Waals surface area contributed by atoms with E-state index in [4.69, 9.17) is 4.74 Å². The molecule has 0 spiro atoms. The molecule has 0 aliphatic carbocycles. The fourth-order valence-electron chi connectivity index (χ4n) is 2.00. The molecule has 2 nitrogen and oxygen atoms in total. The van der Waals surface area contributed by atoms with Crippen LogP contribution < -0.4 is 4.74 Å². The zero-order valence-corrected chi connectivity index (χ0v) is 13.2. The molecule has 0 fully saturated rings. The van der Waals surface area contributed by atoms with E-state index in [1.54, 1.807) is 11.3 Å². The topological polar surface area (TPSA) is 12.5 Å². The Bertz CT molecular complexity index is 564. The van der Waals surface area contributed by atoms with Gasteiger partial charge in [0.2, 0.25) is 0 Å². The van der Waals surface area contributed by atoms with Crippen LogP contribution in [0.25, 0.3) is 0 Å². The predicted octanol–water partition coefficient (Wildman–Crippen LogP) is 4.84. The molecule has 0 aliphatic rings. The Labute approximate surface area is 132 Å². The predicted molar refractivity (Wildman–Crippen MR) is 82.3 cm³/mol. The van der Waals surface area contributed by atoms with Gasteiger partial charge < -0.3 is 9.64 Å². The maximum atomic E-state index is 12.6. The van der Waals surface area contributed by atoms with Crippen LogP contribution in [0, 0.1) is 0 Å². The summed E-state index contributed by atoms with van der Waals surface area (Å²) in [6.07, 6.45) is -3.70. The molecule has 0 radical (unpaired) electrons. The fraction of sp³-hybridized carbons (Fsp3) is 0.375. The van der Waals surface area contributed by atoms with Gasteiger partial charge in [-0.1, -0.05) is 6.07 Å². The minimum atomic E-state index is -4.32. The number of rotatable bonds is 6. The molecular weight excluding hydrogens is 311 g/mol. The molecule has 0 bridgehead atoms. The normalized spacial score (nSPS) is 13.4. The number of hydrogen-bond acceptors (Lipinski definition) is 3. The molecule has 0 N–H and O–H groups in total. The molecule has 22 heavy (non-hydrogen) atoms. The molecule has 2 aromatic rings. The van der Waals surface area contributed by atoms with Crippen LogP contribution in [0.4, 0.5) is 13.2 Å². The number of halogens is 3. The quantitative estimate of drug-likeness (QED) is 0.752. The van der Waals surface area contributed by atoms with E-state index in [2.05, 4.69) is 4.90 Å². The summed E-state index contributed by atoms with van der Waals surface area (Å²) in [6, 6.07) is 8.77. The summed E-state index contributed by atoms with van der Waals surface area (Å²) in [7, 11) is 3.95. The summed E-state index contributed by atoms with van der Waals surface area (Å²) in [5.74, 6) is 0.449. The van der Waals surface area contributed by atoms with Crippen LogP contribution in [0.1, 0.15) is 23.0 Å². The van der Waals surface area contributed by atoms with Crippen molar-refractivity contribution in [2.75, 3.05) is 20.6 Å². The molecular formula is C16H18F3NOS. The Morgan fingerprint density at radius 3 is 2.32 bits per heavy atom. The van der Waals surface area contributed by atoms with Gasteiger partial charge in [0.1, 0.15) is 11.9 Å². The monoisotopic (exact) mass is 329 g/mol. The lowest BCUT2D eigenvalue weighted by Crippen LogP contribution is -2.18. The summed E-state index contributed by atoms with van der Waals surface area (Å²) in [5, 5.41) is 1.97. The van der Waals surface area contributed by atoms with Gasteiger partial charge in [-0.15, -0.1) is 11.3 Å². The molecule has 1 unspecified atom stereocenters. The highest BCUT2D eigenvalue weighted by atomic mass is 32.1. The Kier molecular flexibility index (Phi) is 5.47. The second-order valence-corrected chi connectivity index (χ2v) is 6.22. The van der Waals surface area contributed by atoms with Crippen LogP contribution >= 0.6 is 11.3 Å². The van der Waals surface area contributed by atoms with E-state index in [0.717, 1.165) is 30.0 Å². The second-order valence-electron chi connectivity index (χ2n) is 5.24. The van der Waals surface area contributed by atoms with Gasteiger partial charge in [-0.25, -0.2) is 0 Å². The Morgan fingerprint density at radius 1 is 1.14 bits per heavy atom. The Hall–Kier alpha value is -1.53. The van der Waals surface area contributed by atoms with E-state index in [1.165, 1.54) is 12.1 Å². The Balaban J connectivity index is 2.10. The SMILES string of the molecule is CN(C)CCC(Oc1ccc(C(F)(F)F)cc1)c1cccs1. The van der Waals surface area contributed by atoms with Gasteiger partial charge in [-0.05, 0) is 49.8 Å². The van der Waals surface area contributed by atoms with E-state index in [1.807, 2.05) is 31.6 Å². The summed E-state index contributed by atoms with van der Waals surface area (Å²) in [4.78, 5) is 3.12. The highest BCUT2D eigenvalue weighted by Gasteiger charge is 2.30. The molecule has 0 saturated heterocycles. The van der Waals surface area contributed by atoms with Crippen LogP contribution in [-0.2, 0) is 6.18 Å². The third-order valence-electron chi connectivity index (χ3n) is 3.16. The standard InChI is InChI=1S/C16H18F3NOS/c1-20(2)10-9-14(15-4-3-11-22-15)21-13-7-5-12(6-8-13)16(17,18)19/h3-8,11,14H,9-10H2,1-2H3. The molecule has 1 aromatic heterocycles. The van der Waals surface area contributed by atoms with Gasteiger partial charge in [-0.3, -0.25) is 0 Å². The molecule has 0 amide bonds. The van der Waals surface area contributed by atoms with E-state index in [-0.39, 0.29) is 6.10 Å². The molecule has 6 heteroatoms. The average Bonchev–Trinajstić information content (AvgIpc) is 2.97. The largest absolute Gasteiger partial charge is 0.485 e. The van der Waals surface area contributed by atoms with E-state index in [0.29, 0.717) is 5.75 Å². The summed E-state index contributed by atoms with van der Waals surface area (Å²) >= 11 is 1.59. The van der Waals surface area contributed by atoms with Gasteiger partial charge in [0.15, 0.2) is 0 Å². The number of alkyl halides is 3. The highest BCUT2D eigenvalue weighted by molar-refractivity contribution is 7.10. The molecule has 0 aliphatic heterocycles. The third kappa shape index (κ3) is 4.74. The molecule has 0 saturated carbocycles. The molecule has 120 valence electrons. The van der Waals surface area contributed by atoms with Crippen molar-refractivity contribution < 1.29 is 17.9 Å². The van der Waals surface area contributed by atoms with Gasteiger partial charge in [-0.2, -0.15) is 13.2 Å². The first kappa shape index (κ1) is 16.8. The van der Waals surface area contributed by atoms with Crippen LogP contribution in [0.3, 0.4) is 0 Å². The zero-order valence-electron chi connectivity index (χ0n) is 12.4. The highest BCUT2D eigenvalue weighted by Crippen LogP contribution is 2.32. The minimum absolute atomic E-state index is 0.154. The molecule has 1 heterocycles. The molecule has 1 aromatic carbocycles. The van der Waals surface area contributed by atoms with Gasteiger partial charge >= 0.3 is 6.18 Å². The van der Waals surface area contributed by atoms with Gasteiger partial charge in [0.05, 0.1) is 5.56 Å². The number of benzene rings is 1. The number of thiophene rings is 1. The zero-order chi connectivity index (χ0) is 16.2. The maximum Gasteiger partial charge on any atom is 0.416 e. The summed E-state index contributed by atoms with van der Waals surface area (Å²) in [6.45, 7) is 0.837. The second kappa shape index (κ2) is 7.15. The molecule has 1 atom stereocenters. The van der Waals surface area contributed by atoms with Crippen molar-refractivity contribution in [2.45, 2.75) is 18.7 Å². The van der Waals surface area contributed by atoms with Crippen molar-refractivity contribution in [3.63, 3.8) is 0 Å². The van der Waals surface area contributed by atoms with Gasteiger partial charge in [0, 0.05) is 17.8 Å². The first-order valence-electron chi connectivity index (χ1n) is 6.88. The number of ether oxygens (including phenoxy) is 1. The van der Waals surface area contributed by atoms with Crippen LogP contribution in [0.5, 0.6) is 5.75 Å². The van der Waals surface area contributed by atoms with E-state index in [9.17, 15) is 13.2 Å². The van der Waals surface area contributed by atoms with Crippen LogP contribution in [0.2, 0.25) is 0 Å². The number of hydrogen-bond donors (Lipinski definition) is 0. The van der Waals surface area contributed by atoms with Crippen LogP contribution in [0.15, 0.2) is 41.8 Å². The average molecular weight is 329 g/mol. The Morgan fingerprint density at radius 2 is 1.82 bits per heavy atom. The van der Waals surface area contributed by atoms with E-state index < -0.39 is 11.7 Å². The summed E-state index contributed by atoms with van der Waals surface area (Å²) in [5.41, 5.74) is -0.666. The van der Waals surface area contributed by atoms with Crippen LogP contribution in [-0.4, -0.2) is 25.5 Å². The smallest absolute Gasteiger partial charge is 0.416 e. The fourth-order valence-corrected chi connectivity index (χ4v) is 2.79. The first-order chi connectivity index (χ1) is 10.4. The lowest BCUT2D eigenvalue weighted by Gasteiger charge is -2.20. The van der Waals surface area contributed by atoms with Crippen molar-refractivity contribution in [3.05, 3.63) is 52.2 Å². The maximum absolute atomic E-state index is 12.6. The van der Waals surface area contributed by atoms with Crippen molar-refractivity contribution in [3.8, 4) is 5.75 Å². The van der Waals surface area contributed by atoms with Crippen molar-refractivity contribution in [2.24, 2.45) is 0 Å². The molecule has 2 rings (SSSR count). The lowest BCUT2D eigenvalue weighted by atomic mass is 10.2. The minimum Gasteiger partial charge on any atom is -0.485 e. The number of nitrogens with zero attached hydrogens (tertiary/aromatic N) is 1. The first-order valence-corrected chi connectivity index (χ1v) is 7.76. The van der Waals surface area contributed by atoms with Crippen molar-refractivity contribution in [1.29, 1.82) is 0 Å². The van der Waals surface area contributed by atoms with Gasteiger partial charge in [0.25, 0.3) is 0 Å². The van der Waals surface area contributed by atoms with E-state index >= 15 is 0 Å². The lowest BCUT2D eigenvalue weighted by molar-refractivity contribution is -0.137. The summed E-state index contributed by atoms with van der Waals surface area (Å²) < 4.78 is 43.6. The van der Waals surface area contributed by atoms with Crippen molar-refractivity contribution >= 4 is 11.3 Å². The van der Waals surface area contributed by atoms with Crippen molar-refractivity contribution in [1.82, 2.24) is 4.90 Å².